The number of morpholine rings is 1. The number of carbonyl (C=O) groups excluding carboxylic acids is 2. The van der Waals surface area contributed by atoms with Crippen LogP contribution in [0.1, 0.15) is 44.1 Å². The Morgan fingerprint density at radius 3 is 2.24 bits per heavy atom. The van der Waals surface area contributed by atoms with Crippen LogP contribution in [0, 0.1) is 0 Å². The molecule has 0 N–H and O–H groups in total. The van der Waals surface area contributed by atoms with Crippen LogP contribution in [0.4, 0.5) is 5.69 Å². The van der Waals surface area contributed by atoms with Gasteiger partial charge in [0, 0.05) is 44.4 Å². The molecule has 0 bridgehead atoms. The van der Waals surface area contributed by atoms with Gasteiger partial charge in [-0.3, -0.25) is 14.5 Å². The van der Waals surface area contributed by atoms with Gasteiger partial charge in [0.2, 0.25) is 5.91 Å². The van der Waals surface area contributed by atoms with Crippen LogP contribution >= 0.6 is 34.8 Å². The van der Waals surface area contributed by atoms with E-state index in [1.165, 1.54) is 6.42 Å². The van der Waals surface area contributed by atoms with E-state index in [-0.39, 0.29) is 18.4 Å². The predicted octanol–water partition coefficient (Wildman–Crippen LogP) is 5.70. The maximum atomic E-state index is 13.5. The minimum Gasteiger partial charge on any atom is -0.359 e. The number of hydrogen-bond donors (Lipinski definition) is 0. The van der Waals surface area contributed by atoms with Gasteiger partial charge in [0.05, 0.1) is 16.6 Å². The molecule has 0 aliphatic carbocycles. The van der Waals surface area contributed by atoms with E-state index in [1.54, 1.807) is 28.0 Å². The van der Waals surface area contributed by atoms with Crippen molar-refractivity contribution in [1.29, 1.82) is 0 Å². The first-order chi connectivity index (χ1) is 19.6. The van der Waals surface area contributed by atoms with Crippen molar-refractivity contribution in [3.8, 4) is 0 Å². The lowest BCUT2D eigenvalue weighted by Crippen LogP contribution is -2.64. The van der Waals surface area contributed by atoms with Gasteiger partial charge in [-0.15, -0.1) is 0 Å². The number of nitrogens with zero attached hydrogens (tertiary/aromatic N) is 4. The van der Waals surface area contributed by atoms with E-state index in [1.807, 2.05) is 38.4 Å². The Morgan fingerprint density at radius 2 is 1.61 bits per heavy atom. The van der Waals surface area contributed by atoms with Crippen LogP contribution < -0.4 is 4.90 Å². The van der Waals surface area contributed by atoms with Crippen LogP contribution in [-0.4, -0.2) is 92.0 Å². The molecule has 5 rings (SSSR count). The van der Waals surface area contributed by atoms with Crippen LogP contribution in [0.3, 0.4) is 0 Å². The van der Waals surface area contributed by atoms with Gasteiger partial charge in [0.25, 0.3) is 5.91 Å². The number of amides is 2. The molecule has 1 atom stereocenters. The van der Waals surface area contributed by atoms with E-state index in [4.69, 9.17) is 39.5 Å². The van der Waals surface area contributed by atoms with E-state index in [2.05, 4.69) is 9.80 Å². The van der Waals surface area contributed by atoms with Crippen LogP contribution in [0.2, 0.25) is 15.1 Å². The number of piperidine rings is 2. The van der Waals surface area contributed by atoms with Crippen LogP contribution in [-0.2, 0) is 19.9 Å². The Morgan fingerprint density at radius 1 is 0.927 bits per heavy atom. The number of likely N-dealkylation sites (tertiary alicyclic amines) is 2. The monoisotopic (exact) mass is 620 g/mol. The predicted molar refractivity (Wildman–Crippen MR) is 165 cm³/mol. The molecule has 3 fully saturated rings. The summed E-state index contributed by atoms with van der Waals surface area (Å²) in [7, 11) is 3.74. The minimum absolute atomic E-state index is 0.0434. The maximum Gasteiger partial charge on any atom is 0.253 e. The first-order valence-corrected chi connectivity index (χ1v) is 15.6. The highest BCUT2D eigenvalue weighted by molar-refractivity contribution is 6.42. The SMILES string of the molecule is CN(C)C(=O)C1(N2CCCCC2)CCN(CCC2(c3ccc(Cl)c(Cl)c3)CN(c3ccc(Cl)cc3)C(=O)CO2)CC1. The van der Waals surface area contributed by atoms with E-state index < -0.39 is 11.1 Å². The number of rotatable bonds is 7. The van der Waals surface area contributed by atoms with E-state index in [9.17, 15) is 9.59 Å². The zero-order chi connectivity index (χ0) is 29.2. The van der Waals surface area contributed by atoms with Crippen molar-refractivity contribution in [3.63, 3.8) is 0 Å². The van der Waals surface area contributed by atoms with Gasteiger partial charge in [-0.25, -0.2) is 0 Å². The van der Waals surface area contributed by atoms with Crippen molar-refractivity contribution < 1.29 is 14.3 Å². The Labute approximate surface area is 258 Å². The summed E-state index contributed by atoms with van der Waals surface area (Å²) in [6.07, 6.45) is 5.80. The molecule has 1 unspecified atom stereocenters. The van der Waals surface area contributed by atoms with Crippen molar-refractivity contribution in [2.45, 2.75) is 49.7 Å². The lowest BCUT2D eigenvalue weighted by molar-refractivity contribution is -0.147. The highest BCUT2D eigenvalue weighted by Crippen LogP contribution is 2.40. The summed E-state index contributed by atoms with van der Waals surface area (Å²) in [5.74, 6) is 0.119. The molecule has 10 heteroatoms. The number of carbonyl (C=O) groups is 2. The summed E-state index contributed by atoms with van der Waals surface area (Å²) >= 11 is 18.9. The summed E-state index contributed by atoms with van der Waals surface area (Å²) in [4.78, 5) is 35.0. The third-order valence-corrected chi connectivity index (χ3v) is 10.0. The van der Waals surface area contributed by atoms with E-state index >= 15 is 0 Å². The Bertz CT molecular complexity index is 1240. The molecule has 3 aliphatic heterocycles. The van der Waals surface area contributed by atoms with E-state index in [0.29, 0.717) is 28.0 Å². The molecule has 3 heterocycles. The van der Waals surface area contributed by atoms with Gasteiger partial charge in [0.15, 0.2) is 0 Å². The molecule has 41 heavy (non-hydrogen) atoms. The van der Waals surface area contributed by atoms with Crippen molar-refractivity contribution in [3.05, 3.63) is 63.1 Å². The minimum atomic E-state index is -0.775. The second-order valence-corrected chi connectivity index (χ2v) is 13.0. The summed E-state index contributed by atoms with van der Waals surface area (Å²) in [6.45, 7) is 4.69. The van der Waals surface area contributed by atoms with Gasteiger partial charge in [0.1, 0.15) is 17.7 Å². The fraction of sp³-hybridized carbons (Fsp3) is 0.548. The highest BCUT2D eigenvalue weighted by atomic mass is 35.5. The van der Waals surface area contributed by atoms with Gasteiger partial charge < -0.3 is 19.4 Å². The second kappa shape index (κ2) is 12.8. The zero-order valence-corrected chi connectivity index (χ0v) is 26.1. The fourth-order valence-corrected chi connectivity index (χ4v) is 7.09. The average molecular weight is 622 g/mol. The number of ether oxygens (including phenoxy) is 1. The second-order valence-electron chi connectivity index (χ2n) is 11.7. The Kier molecular flexibility index (Phi) is 9.53. The van der Waals surface area contributed by atoms with Crippen molar-refractivity contribution in [2.75, 3.05) is 64.9 Å². The quantitative estimate of drug-likeness (QED) is 0.397. The molecule has 0 saturated carbocycles. The number of likely N-dealkylation sites (N-methyl/N-ethyl adjacent to an activating group) is 1. The van der Waals surface area contributed by atoms with Gasteiger partial charge in [-0.2, -0.15) is 0 Å². The molecule has 3 aliphatic rings. The molecular weight excluding hydrogens is 583 g/mol. The van der Waals surface area contributed by atoms with Crippen LogP contribution in [0.15, 0.2) is 42.5 Å². The standard InChI is InChI=1S/C31H39Cl3N4O3/c1-35(2)29(40)30(37-15-4-3-5-16-37)12-17-36(18-13-30)19-14-31(23-6-11-26(33)27(34)20-23)22-38(28(39)21-41-31)25-9-7-24(32)8-10-25/h6-11,20H,3-5,12-19,21-22H2,1-2H3. The summed E-state index contributed by atoms with van der Waals surface area (Å²) in [6, 6.07) is 12.9. The van der Waals surface area contributed by atoms with Gasteiger partial charge in [-0.05, 0) is 87.2 Å². The van der Waals surface area contributed by atoms with Crippen molar-refractivity contribution >= 4 is 52.3 Å². The normalized spacial score (nSPS) is 23.9. The first kappa shape index (κ1) is 30.6. The summed E-state index contributed by atoms with van der Waals surface area (Å²) in [5.41, 5.74) is 0.461. The molecule has 7 nitrogen and oxygen atoms in total. The van der Waals surface area contributed by atoms with Crippen molar-refractivity contribution in [2.24, 2.45) is 0 Å². The number of hydrogen-bond acceptors (Lipinski definition) is 5. The van der Waals surface area contributed by atoms with Gasteiger partial charge in [-0.1, -0.05) is 47.3 Å². The summed E-state index contributed by atoms with van der Waals surface area (Å²) < 4.78 is 6.42. The molecule has 2 aromatic carbocycles. The van der Waals surface area contributed by atoms with E-state index in [0.717, 1.165) is 69.7 Å². The zero-order valence-electron chi connectivity index (χ0n) is 23.9. The molecular formula is C31H39Cl3N4O3. The molecule has 2 amide bonds. The maximum absolute atomic E-state index is 13.5. The molecule has 0 radical (unpaired) electrons. The number of anilines is 1. The van der Waals surface area contributed by atoms with Crippen LogP contribution in [0.25, 0.3) is 0 Å². The third kappa shape index (κ3) is 6.41. The topological polar surface area (TPSA) is 56.3 Å². The molecule has 2 aromatic rings. The lowest BCUT2D eigenvalue weighted by Gasteiger charge is -2.50. The largest absolute Gasteiger partial charge is 0.359 e. The average Bonchev–Trinajstić information content (AvgIpc) is 2.99. The first-order valence-electron chi connectivity index (χ1n) is 14.5. The Balaban J connectivity index is 1.36. The molecule has 0 aromatic heterocycles. The van der Waals surface area contributed by atoms with Crippen LogP contribution in [0.5, 0.6) is 0 Å². The fourth-order valence-electron chi connectivity index (χ4n) is 6.66. The van der Waals surface area contributed by atoms with Gasteiger partial charge >= 0.3 is 0 Å². The number of benzene rings is 2. The summed E-state index contributed by atoms with van der Waals surface area (Å²) in [5, 5.41) is 1.54. The molecule has 222 valence electrons. The third-order valence-electron chi connectivity index (χ3n) is 9.05. The molecule has 0 spiro atoms. The highest BCUT2D eigenvalue weighted by Gasteiger charge is 2.48. The Hall–Kier alpha value is -1.87. The van der Waals surface area contributed by atoms with Crippen molar-refractivity contribution in [1.82, 2.24) is 14.7 Å². The number of halogens is 3. The molecule has 3 saturated heterocycles. The smallest absolute Gasteiger partial charge is 0.253 e. The lowest BCUT2D eigenvalue weighted by atomic mass is 9.82.